The van der Waals surface area contributed by atoms with Crippen LogP contribution in [0.5, 0.6) is 0 Å². The number of anilines is 1. The first kappa shape index (κ1) is 18.0. The van der Waals surface area contributed by atoms with Gasteiger partial charge in [0.25, 0.3) is 0 Å². The van der Waals surface area contributed by atoms with Crippen molar-refractivity contribution in [1.82, 2.24) is 9.47 Å². The number of benzene rings is 1. The van der Waals surface area contributed by atoms with Crippen molar-refractivity contribution in [2.45, 2.75) is 6.92 Å². The van der Waals surface area contributed by atoms with Gasteiger partial charge in [-0.1, -0.05) is 6.92 Å². The third-order valence-electron chi connectivity index (χ3n) is 3.82. The van der Waals surface area contributed by atoms with E-state index in [1.165, 1.54) is 18.0 Å². The zero-order valence-corrected chi connectivity index (χ0v) is 13.7. The molecule has 0 atom stereocenters. The monoisotopic (exact) mass is 335 g/mol. The van der Waals surface area contributed by atoms with E-state index in [9.17, 15) is 19.4 Å². The van der Waals surface area contributed by atoms with Crippen LogP contribution in [0, 0.1) is 11.2 Å². The van der Waals surface area contributed by atoms with E-state index in [1.807, 2.05) is 24.5 Å². The summed E-state index contributed by atoms with van der Waals surface area (Å²) in [6, 6.07) is 7.62. The smallest absolute Gasteiger partial charge is 0.321 e. The van der Waals surface area contributed by atoms with Gasteiger partial charge in [0.1, 0.15) is 5.82 Å². The molecule has 24 heavy (non-hydrogen) atoms. The van der Waals surface area contributed by atoms with Gasteiger partial charge >= 0.3 is 6.03 Å². The maximum absolute atomic E-state index is 14.0. The third kappa shape index (κ3) is 4.12. The number of hydrogen-bond acceptors (Lipinski definition) is 3. The lowest BCUT2D eigenvalue weighted by atomic mass is 9.92. The number of rotatable bonds is 6. The zero-order valence-electron chi connectivity index (χ0n) is 13.7. The Bertz CT molecular complexity index is 684. The fourth-order valence-corrected chi connectivity index (χ4v) is 2.28. The van der Waals surface area contributed by atoms with Crippen LogP contribution in [0.2, 0.25) is 0 Å². The average molecular weight is 335 g/mol. The SMILES string of the molecule is CN(CC(C)(CO)CO)C(=O)Nc1cc(-n2cccc2)ccc1F. The molecule has 0 unspecified atom stereocenters. The Kier molecular flexibility index (Phi) is 5.58. The number of carbonyl (C=O) groups excluding carboxylic acids is 1. The van der Waals surface area contributed by atoms with Gasteiger partial charge in [0, 0.05) is 37.1 Å². The van der Waals surface area contributed by atoms with Crippen LogP contribution >= 0.6 is 0 Å². The molecule has 2 amide bonds. The molecule has 2 aromatic rings. The number of carbonyl (C=O) groups is 1. The highest BCUT2D eigenvalue weighted by molar-refractivity contribution is 5.89. The molecular formula is C17H22FN3O3. The van der Waals surface area contributed by atoms with E-state index in [1.54, 1.807) is 23.6 Å². The molecule has 0 spiro atoms. The number of aliphatic hydroxyl groups is 2. The number of nitrogens with one attached hydrogen (secondary N) is 1. The lowest BCUT2D eigenvalue weighted by Crippen LogP contribution is -2.43. The second-order valence-electron chi connectivity index (χ2n) is 6.17. The summed E-state index contributed by atoms with van der Waals surface area (Å²) in [5.74, 6) is -0.542. The highest BCUT2D eigenvalue weighted by Gasteiger charge is 2.26. The molecule has 130 valence electrons. The van der Waals surface area contributed by atoms with Crippen LogP contribution in [0.4, 0.5) is 14.9 Å². The molecule has 7 heteroatoms. The molecule has 0 saturated carbocycles. The predicted molar refractivity (Wildman–Crippen MR) is 89.7 cm³/mol. The van der Waals surface area contributed by atoms with Crippen molar-refractivity contribution in [1.29, 1.82) is 0 Å². The highest BCUT2D eigenvalue weighted by Crippen LogP contribution is 2.21. The van der Waals surface area contributed by atoms with Crippen LogP contribution in [0.15, 0.2) is 42.7 Å². The molecule has 0 radical (unpaired) electrons. The fourth-order valence-electron chi connectivity index (χ4n) is 2.28. The Morgan fingerprint density at radius 2 is 1.92 bits per heavy atom. The molecular weight excluding hydrogens is 313 g/mol. The van der Waals surface area contributed by atoms with E-state index in [-0.39, 0.29) is 25.4 Å². The van der Waals surface area contributed by atoms with Crippen molar-refractivity contribution in [3.8, 4) is 5.69 Å². The minimum Gasteiger partial charge on any atom is -0.396 e. The van der Waals surface area contributed by atoms with Crippen molar-refractivity contribution in [3.63, 3.8) is 0 Å². The van der Waals surface area contributed by atoms with E-state index in [0.717, 1.165) is 5.69 Å². The van der Waals surface area contributed by atoms with Crippen LogP contribution in [0.3, 0.4) is 0 Å². The van der Waals surface area contributed by atoms with E-state index in [2.05, 4.69) is 5.32 Å². The van der Waals surface area contributed by atoms with Gasteiger partial charge in [0.2, 0.25) is 0 Å². The molecule has 1 aromatic heterocycles. The second kappa shape index (κ2) is 7.46. The van der Waals surface area contributed by atoms with Gasteiger partial charge < -0.3 is 25.0 Å². The van der Waals surface area contributed by atoms with Crippen molar-refractivity contribution in [2.24, 2.45) is 5.41 Å². The Hall–Kier alpha value is -2.38. The van der Waals surface area contributed by atoms with E-state index in [4.69, 9.17) is 0 Å². The minimum absolute atomic E-state index is 0.0627. The van der Waals surface area contributed by atoms with Gasteiger partial charge in [-0.2, -0.15) is 0 Å². The molecule has 1 aromatic carbocycles. The van der Waals surface area contributed by atoms with Gasteiger partial charge in [-0.05, 0) is 30.3 Å². The Morgan fingerprint density at radius 1 is 1.29 bits per heavy atom. The van der Waals surface area contributed by atoms with Crippen molar-refractivity contribution in [3.05, 3.63) is 48.5 Å². The molecule has 0 saturated heterocycles. The largest absolute Gasteiger partial charge is 0.396 e. The lowest BCUT2D eigenvalue weighted by molar-refractivity contribution is 0.0509. The number of amides is 2. The zero-order chi connectivity index (χ0) is 17.7. The van der Waals surface area contributed by atoms with Gasteiger partial charge in [0.05, 0.1) is 18.9 Å². The van der Waals surface area contributed by atoms with E-state index >= 15 is 0 Å². The van der Waals surface area contributed by atoms with Crippen LogP contribution in [-0.2, 0) is 0 Å². The van der Waals surface area contributed by atoms with Crippen molar-refractivity contribution < 1.29 is 19.4 Å². The number of aliphatic hydroxyl groups excluding tert-OH is 2. The highest BCUT2D eigenvalue weighted by atomic mass is 19.1. The number of aromatic nitrogens is 1. The Labute approximate surface area is 140 Å². The summed E-state index contributed by atoms with van der Waals surface area (Å²) in [4.78, 5) is 13.5. The molecule has 2 rings (SSSR count). The number of halogens is 1. The molecule has 3 N–H and O–H groups in total. The van der Waals surface area contributed by atoms with Crippen molar-refractivity contribution >= 4 is 11.7 Å². The third-order valence-corrected chi connectivity index (χ3v) is 3.82. The van der Waals surface area contributed by atoms with Gasteiger partial charge in [0.15, 0.2) is 0 Å². The molecule has 1 heterocycles. The molecule has 0 aliphatic rings. The number of nitrogens with zero attached hydrogens (tertiary/aromatic N) is 2. The summed E-state index contributed by atoms with van der Waals surface area (Å²) < 4.78 is 15.8. The fraction of sp³-hybridized carbons (Fsp3) is 0.353. The van der Waals surface area contributed by atoms with Crippen LogP contribution in [0.25, 0.3) is 5.69 Å². The minimum atomic E-state index is -0.822. The molecule has 0 aliphatic carbocycles. The average Bonchev–Trinajstić information content (AvgIpc) is 3.11. The summed E-state index contributed by atoms with van der Waals surface area (Å²) in [5.41, 5.74) is -0.0416. The van der Waals surface area contributed by atoms with Gasteiger partial charge in [-0.3, -0.25) is 0 Å². The first-order valence-corrected chi connectivity index (χ1v) is 7.55. The first-order chi connectivity index (χ1) is 11.4. The topological polar surface area (TPSA) is 77.7 Å². The van der Waals surface area contributed by atoms with Crippen LogP contribution in [0.1, 0.15) is 6.92 Å². The molecule has 0 aliphatic heterocycles. The van der Waals surface area contributed by atoms with Crippen LogP contribution < -0.4 is 5.32 Å². The number of urea groups is 1. The number of hydrogen-bond donors (Lipinski definition) is 3. The standard InChI is InChI=1S/C17H22FN3O3/c1-17(11-22,12-23)10-20(2)16(24)19-15-9-13(5-6-14(15)18)21-7-3-4-8-21/h3-9,22-23H,10-12H2,1-2H3,(H,19,24). The van der Waals surface area contributed by atoms with Crippen LogP contribution in [-0.4, -0.2) is 52.5 Å². The maximum atomic E-state index is 14.0. The van der Waals surface area contributed by atoms with Gasteiger partial charge in [-0.25, -0.2) is 9.18 Å². The summed E-state index contributed by atoms with van der Waals surface area (Å²) >= 11 is 0. The summed E-state index contributed by atoms with van der Waals surface area (Å²) in [6.45, 7) is 1.26. The first-order valence-electron chi connectivity index (χ1n) is 7.55. The Balaban J connectivity index is 2.12. The second-order valence-corrected chi connectivity index (χ2v) is 6.17. The summed E-state index contributed by atoms with van der Waals surface area (Å²) in [6.07, 6.45) is 3.64. The van der Waals surface area contributed by atoms with E-state index < -0.39 is 17.3 Å². The normalized spacial score (nSPS) is 11.4. The molecule has 0 bridgehead atoms. The summed E-state index contributed by atoms with van der Waals surface area (Å²) in [7, 11) is 1.52. The van der Waals surface area contributed by atoms with Crippen molar-refractivity contribution in [2.75, 3.05) is 32.1 Å². The Morgan fingerprint density at radius 3 is 2.50 bits per heavy atom. The maximum Gasteiger partial charge on any atom is 0.321 e. The van der Waals surface area contributed by atoms with Gasteiger partial charge in [-0.15, -0.1) is 0 Å². The predicted octanol–water partition coefficient (Wildman–Crippen LogP) is 2.07. The quantitative estimate of drug-likeness (QED) is 0.756. The van der Waals surface area contributed by atoms with E-state index in [0.29, 0.717) is 0 Å². The molecule has 0 fully saturated rings. The molecule has 6 nitrogen and oxygen atoms in total. The summed E-state index contributed by atoms with van der Waals surface area (Å²) in [5, 5.41) is 21.1. The lowest BCUT2D eigenvalue weighted by Gasteiger charge is -2.30.